The highest BCUT2D eigenvalue weighted by Gasteiger charge is 2.28. The van der Waals surface area contributed by atoms with Gasteiger partial charge in [0.15, 0.2) is 5.78 Å². The molecule has 4 heteroatoms. The van der Waals surface area contributed by atoms with E-state index in [0.29, 0.717) is 18.6 Å². The van der Waals surface area contributed by atoms with Gasteiger partial charge in [0.2, 0.25) is 0 Å². The standard InChI is InChI=1S/C19H19NO3/c1-2-23-19(22)16-7-8-17-14(11-16)5-6-15(18(17)21)10-13-4-3-9-20-12-13/h3-4,7-9,11-12,15H,2,5-6,10H2,1H3. The molecule has 0 radical (unpaired) electrons. The van der Waals surface area contributed by atoms with Gasteiger partial charge in [0.25, 0.3) is 0 Å². The second kappa shape index (κ2) is 6.73. The summed E-state index contributed by atoms with van der Waals surface area (Å²) in [5.74, 6) is -0.189. The number of esters is 1. The van der Waals surface area contributed by atoms with E-state index >= 15 is 0 Å². The molecule has 4 nitrogen and oxygen atoms in total. The van der Waals surface area contributed by atoms with Gasteiger partial charge in [0.05, 0.1) is 12.2 Å². The molecule has 23 heavy (non-hydrogen) atoms. The van der Waals surface area contributed by atoms with E-state index in [4.69, 9.17) is 4.74 Å². The van der Waals surface area contributed by atoms with E-state index in [1.54, 1.807) is 31.3 Å². The maximum atomic E-state index is 12.7. The van der Waals surface area contributed by atoms with E-state index < -0.39 is 0 Å². The normalized spacial score (nSPS) is 16.7. The summed E-state index contributed by atoms with van der Waals surface area (Å²) in [5.41, 5.74) is 3.28. The largest absolute Gasteiger partial charge is 0.462 e. The van der Waals surface area contributed by atoms with E-state index in [2.05, 4.69) is 4.98 Å². The molecule has 0 bridgehead atoms. The number of aromatic nitrogens is 1. The lowest BCUT2D eigenvalue weighted by Gasteiger charge is -2.23. The van der Waals surface area contributed by atoms with Crippen LogP contribution in [-0.4, -0.2) is 23.3 Å². The van der Waals surface area contributed by atoms with E-state index in [1.807, 2.05) is 18.3 Å². The van der Waals surface area contributed by atoms with Crippen molar-refractivity contribution in [2.75, 3.05) is 6.61 Å². The van der Waals surface area contributed by atoms with Crippen LogP contribution in [0.1, 0.15) is 45.2 Å². The summed E-state index contributed by atoms with van der Waals surface area (Å²) in [6.07, 6.45) is 5.86. The maximum Gasteiger partial charge on any atom is 0.338 e. The molecule has 0 saturated heterocycles. The first-order valence-corrected chi connectivity index (χ1v) is 7.92. The van der Waals surface area contributed by atoms with Crippen LogP contribution >= 0.6 is 0 Å². The molecule has 0 saturated carbocycles. The summed E-state index contributed by atoms with van der Waals surface area (Å²) in [6, 6.07) is 9.13. The Bertz CT molecular complexity index is 725. The average molecular weight is 309 g/mol. The van der Waals surface area contributed by atoms with Crippen molar-refractivity contribution in [3.05, 3.63) is 65.0 Å². The van der Waals surface area contributed by atoms with Crippen molar-refractivity contribution in [2.45, 2.75) is 26.2 Å². The third kappa shape index (κ3) is 3.31. The Labute approximate surface area is 135 Å². The molecule has 0 amide bonds. The minimum Gasteiger partial charge on any atom is -0.462 e. The van der Waals surface area contributed by atoms with Crippen molar-refractivity contribution in [3.63, 3.8) is 0 Å². The number of hydrogen-bond acceptors (Lipinski definition) is 4. The first-order chi connectivity index (χ1) is 11.2. The number of Topliss-reactive ketones (excluding diaryl/α,β-unsaturated/α-hetero) is 1. The Hall–Kier alpha value is -2.49. The van der Waals surface area contributed by atoms with Crippen molar-refractivity contribution in [1.29, 1.82) is 0 Å². The molecule has 1 atom stereocenters. The smallest absolute Gasteiger partial charge is 0.338 e. The number of pyridine rings is 1. The number of carbonyl (C=O) groups is 2. The fraction of sp³-hybridized carbons (Fsp3) is 0.316. The van der Waals surface area contributed by atoms with E-state index in [1.165, 1.54) is 0 Å². The van der Waals surface area contributed by atoms with Crippen LogP contribution in [0.2, 0.25) is 0 Å². The van der Waals surface area contributed by atoms with Gasteiger partial charge in [-0.2, -0.15) is 0 Å². The van der Waals surface area contributed by atoms with Gasteiger partial charge in [-0.05, 0) is 55.5 Å². The van der Waals surface area contributed by atoms with Gasteiger partial charge >= 0.3 is 5.97 Å². The van der Waals surface area contributed by atoms with Crippen LogP contribution in [0.25, 0.3) is 0 Å². The zero-order valence-electron chi connectivity index (χ0n) is 13.1. The van der Waals surface area contributed by atoms with Crippen LogP contribution in [0.4, 0.5) is 0 Å². The molecule has 1 aromatic heterocycles. The summed E-state index contributed by atoms with van der Waals surface area (Å²) >= 11 is 0. The van der Waals surface area contributed by atoms with Crippen LogP contribution in [0.3, 0.4) is 0 Å². The number of benzene rings is 1. The number of ketones is 1. The molecule has 0 N–H and O–H groups in total. The first kappa shape index (κ1) is 15.4. The molecular weight excluding hydrogens is 290 g/mol. The molecule has 0 aliphatic heterocycles. The summed E-state index contributed by atoms with van der Waals surface area (Å²) in [4.78, 5) is 28.6. The van der Waals surface area contributed by atoms with Gasteiger partial charge in [0.1, 0.15) is 0 Å². The molecule has 0 spiro atoms. The Morgan fingerprint density at radius 2 is 2.22 bits per heavy atom. The molecule has 1 unspecified atom stereocenters. The fourth-order valence-electron chi connectivity index (χ4n) is 3.06. The highest BCUT2D eigenvalue weighted by Crippen LogP contribution is 2.28. The van der Waals surface area contributed by atoms with Crippen LogP contribution in [0.5, 0.6) is 0 Å². The van der Waals surface area contributed by atoms with Gasteiger partial charge in [-0.25, -0.2) is 4.79 Å². The number of fused-ring (bicyclic) bond motifs is 1. The fourth-order valence-corrected chi connectivity index (χ4v) is 3.06. The second-order valence-electron chi connectivity index (χ2n) is 5.76. The zero-order chi connectivity index (χ0) is 16.2. The molecular formula is C19H19NO3. The van der Waals surface area contributed by atoms with E-state index in [0.717, 1.165) is 29.5 Å². The lowest BCUT2D eigenvalue weighted by atomic mass is 9.79. The maximum absolute atomic E-state index is 12.7. The summed E-state index contributed by atoms with van der Waals surface area (Å²) < 4.78 is 5.02. The van der Waals surface area contributed by atoms with Crippen molar-refractivity contribution in [1.82, 2.24) is 4.98 Å². The minimum atomic E-state index is -0.333. The van der Waals surface area contributed by atoms with Gasteiger partial charge in [-0.3, -0.25) is 9.78 Å². The van der Waals surface area contributed by atoms with Crippen LogP contribution in [0, 0.1) is 5.92 Å². The van der Waals surface area contributed by atoms with Crippen molar-refractivity contribution in [3.8, 4) is 0 Å². The summed E-state index contributed by atoms with van der Waals surface area (Å²) in [7, 11) is 0. The minimum absolute atomic E-state index is 0.0138. The number of aryl methyl sites for hydroxylation is 1. The van der Waals surface area contributed by atoms with Crippen molar-refractivity contribution >= 4 is 11.8 Å². The molecule has 1 aliphatic rings. The zero-order valence-corrected chi connectivity index (χ0v) is 13.1. The number of hydrogen-bond donors (Lipinski definition) is 0. The highest BCUT2D eigenvalue weighted by atomic mass is 16.5. The molecule has 2 aromatic rings. The third-order valence-corrected chi connectivity index (χ3v) is 4.22. The number of ether oxygens (including phenoxy) is 1. The SMILES string of the molecule is CCOC(=O)c1ccc2c(c1)CCC(Cc1cccnc1)C2=O. The number of carbonyl (C=O) groups excluding carboxylic acids is 2. The van der Waals surface area contributed by atoms with Gasteiger partial charge in [0, 0.05) is 23.9 Å². The molecule has 1 aromatic carbocycles. The molecule has 1 aliphatic carbocycles. The predicted molar refractivity (Wildman–Crippen MR) is 86.5 cm³/mol. The summed E-state index contributed by atoms with van der Waals surface area (Å²) in [5, 5.41) is 0. The lowest BCUT2D eigenvalue weighted by molar-refractivity contribution is 0.0525. The summed E-state index contributed by atoms with van der Waals surface area (Å²) in [6.45, 7) is 2.13. The van der Waals surface area contributed by atoms with Crippen LogP contribution in [0.15, 0.2) is 42.7 Å². The monoisotopic (exact) mass is 309 g/mol. The van der Waals surface area contributed by atoms with Crippen LogP contribution in [-0.2, 0) is 17.6 Å². The quantitative estimate of drug-likeness (QED) is 0.814. The third-order valence-electron chi connectivity index (χ3n) is 4.22. The Morgan fingerprint density at radius 1 is 1.35 bits per heavy atom. The Kier molecular flexibility index (Phi) is 4.51. The Morgan fingerprint density at radius 3 is 2.96 bits per heavy atom. The lowest BCUT2D eigenvalue weighted by Crippen LogP contribution is -2.25. The second-order valence-corrected chi connectivity index (χ2v) is 5.76. The molecule has 0 fully saturated rings. The molecule has 1 heterocycles. The van der Waals surface area contributed by atoms with Crippen molar-refractivity contribution in [2.24, 2.45) is 5.92 Å². The van der Waals surface area contributed by atoms with Crippen molar-refractivity contribution < 1.29 is 14.3 Å². The average Bonchev–Trinajstić information content (AvgIpc) is 2.58. The molecule has 118 valence electrons. The number of nitrogens with zero attached hydrogens (tertiary/aromatic N) is 1. The highest BCUT2D eigenvalue weighted by molar-refractivity contribution is 6.01. The van der Waals surface area contributed by atoms with Gasteiger partial charge in [-0.15, -0.1) is 0 Å². The van der Waals surface area contributed by atoms with Crippen LogP contribution < -0.4 is 0 Å². The number of rotatable bonds is 4. The molecule has 3 rings (SSSR count). The van der Waals surface area contributed by atoms with Gasteiger partial charge < -0.3 is 4.74 Å². The van der Waals surface area contributed by atoms with Gasteiger partial charge in [-0.1, -0.05) is 12.1 Å². The van der Waals surface area contributed by atoms with E-state index in [-0.39, 0.29) is 17.7 Å². The predicted octanol–water partition coefficient (Wildman–Crippen LogP) is 3.25. The Balaban J connectivity index is 1.79. The topological polar surface area (TPSA) is 56.3 Å². The first-order valence-electron chi connectivity index (χ1n) is 7.92. The van der Waals surface area contributed by atoms with E-state index in [9.17, 15) is 9.59 Å².